The average Bonchev–Trinajstić information content (AvgIpc) is 3.12. The number of likely N-dealkylation sites (tertiary alicyclic amines) is 1. The van der Waals surface area contributed by atoms with Gasteiger partial charge in [-0.25, -0.2) is 17.7 Å². The summed E-state index contributed by atoms with van der Waals surface area (Å²) in [4.78, 5) is 19.8. The Balaban J connectivity index is 1.58. The fourth-order valence-electron chi connectivity index (χ4n) is 3.91. The van der Waals surface area contributed by atoms with Gasteiger partial charge >= 0.3 is 0 Å². The summed E-state index contributed by atoms with van der Waals surface area (Å²) in [6, 6.07) is 0. The second kappa shape index (κ2) is 6.72. The van der Waals surface area contributed by atoms with Crippen molar-refractivity contribution < 1.29 is 13.2 Å². The molecule has 2 fully saturated rings. The van der Waals surface area contributed by atoms with Crippen LogP contribution < -0.4 is 0 Å². The van der Waals surface area contributed by atoms with Crippen LogP contribution in [0.15, 0.2) is 0 Å². The second-order valence-electron chi connectivity index (χ2n) is 6.95. The first-order chi connectivity index (χ1) is 11.3. The minimum Gasteiger partial charge on any atom is -0.338 e. The predicted octanol–water partition coefficient (Wildman–Crippen LogP) is 1.89. The number of thiazole rings is 1. The van der Waals surface area contributed by atoms with Gasteiger partial charge in [-0.3, -0.25) is 4.79 Å². The molecule has 2 saturated heterocycles. The zero-order valence-electron chi connectivity index (χ0n) is 14.5. The maximum absolute atomic E-state index is 12.7. The summed E-state index contributed by atoms with van der Waals surface area (Å²) in [5.74, 6) is 1.12. The van der Waals surface area contributed by atoms with Gasteiger partial charge in [0, 0.05) is 26.2 Å². The van der Waals surface area contributed by atoms with E-state index in [1.54, 1.807) is 4.31 Å². The van der Waals surface area contributed by atoms with Gasteiger partial charge in [0.1, 0.15) is 4.88 Å². The van der Waals surface area contributed by atoms with Gasteiger partial charge in [-0.05, 0) is 44.9 Å². The summed E-state index contributed by atoms with van der Waals surface area (Å²) >= 11 is 1.47. The van der Waals surface area contributed by atoms with Gasteiger partial charge < -0.3 is 4.90 Å². The highest BCUT2D eigenvalue weighted by Crippen LogP contribution is 2.33. The second-order valence-corrected chi connectivity index (χ2v) is 10.1. The number of rotatable bonds is 3. The number of amides is 1. The third-order valence-corrected chi connectivity index (χ3v) is 7.61. The number of piperidine rings is 1. The van der Waals surface area contributed by atoms with Gasteiger partial charge in [0.15, 0.2) is 0 Å². The molecule has 3 rings (SSSR count). The molecule has 0 aromatic carbocycles. The summed E-state index contributed by atoms with van der Waals surface area (Å²) < 4.78 is 24.8. The van der Waals surface area contributed by atoms with Crippen LogP contribution in [0.3, 0.4) is 0 Å². The minimum absolute atomic E-state index is 0.106. The number of sulfonamides is 1. The van der Waals surface area contributed by atoms with E-state index in [0.29, 0.717) is 24.9 Å². The summed E-state index contributed by atoms with van der Waals surface area (Å²) in [6.07, 6.45) is 4.10. The number of carbonyl (C=O) groups is 1. The number of aryl methyl sites for hydroxylation is 2. The molecule has 1 amide bonds. The third-order valence-electron chi connectivity index (χ3n) is 5.24. The highest BCUT2D eigenvalue weighted by Gasteiger charge is 2.36. The van der Waals surface area contributed by atoms with Crippen LogP contribution in [0.4, 0.5) is 0 Å². The molecule has 2 aliphatic rings. The highest BCUT2D eigenvalue weighted by atomic mass is 32.2. The number of nitrogens with zero attached hydrogens (tertiary/aromatic N) is 3. The first-order valence-electron chi connectivity index (χ1n) is 8.44. The van der Waals surface area contributed by atoms with Gasteiger partial charge in [0.05, 0.1) is 17.0 Å². The van der Waals surface area contributed by atoms with E-state index in [1.165, 1.54) is 17.6 Å². The Labute approximate surface area is 147 Å². The van der Waals surface area contributed by atoms with Crippen LogP contribution in [0.2, 0.25) is 0 Å². The van der Waals surface area contributed by atoms with Crippen molar-refractivity contribution >= 4 is 27.3 Å². The van der Waals surface area contributed by atoms with Gasteiger partial charge in [-0.15, -0.1) is 11.3 Å². The summed E-state index contributed by atoms with van der Waals surface area (Å²) in [5.41, 5.74) is 0.826. The van der Waals surface area contributed by atoms with Gasteiger partial charge in [-0.1, -0.05) is 0 Å². The highest BCUT2D eigenvalue weighted by molar-refractivity contribution is 7.88. The van der Waals surface area contributed by atoms with E-state index in [0.717, 1.165) is 47.9 Å². The molecule has 0 aliphatic carbocycles. The Bertz CT molecular complexity index is 721. The van der Waals surface area contributed by atoms with Crippen molar-refractivity contribution in [3.05, 3.63) is 15.6 Å². The molecule has 1 aromatic rings. The number of carbonyl (C=O) groups excluding carboxylic acids is 1. The molecular formula is C16H25N3O3S2. The lowest BCUT2D eigenvalue weighted by atomic mass is 9.84. The largest absolute Gasteiger partial charge is 0.338 e. The quantitative estimate of drug-likeness (QED) is 0.814. The van der Waals surface area contributed by atoms with Gasteiger partial charge in [-0.2, -0.15) is 0 Å². The number of hydrogen-bond acceptors (Lipinski definition) is 5. The van der Waals surface area contributed by atoms with E-state index in [1.807, 2.05) is 18.7 Å². The Hall–Kier alpha value is -0.990. The van der Waals surface area contributed by atoms with Crippen LogP contribution in [-0.4, -0.2) is 60.9 Å². The minimum atomic E-state index is -3.07. The summed E-state index contributed by atoms with van der Waals surface area (Å²) in [7, 11) is -3.07. The molecule has 0 radical (unpaired) electrons. The van der Waals surface area contributed by atoms with Crippen molar-refractivity contribution in [3.63, 3.8) is 0 Å². The van der Waals surface area contributed by atoms with E-state index >= 15 is 0 Å². The molecule has 1 unspecified atom stereocenters. The molecular weight excluding hydrogens is 346 g/mol. The first kappa shape index (κ1) is 17.8. The van der Waals surface area contributed by atoms with Crippen molar-refractivity contribution in [1.82, 2.24) is 14.2 Å². The van der Waals surface area contributed by atoms with Crippen molar-refractivity contribution in [3.8, 4) is 0 Å². The number of aromatic nitrogens is 1. The lowest BCUT2D eigenvalue weighted by Gasteiger charge is -2.33. The van der Waals surface area contributed by atoms with E-state index < -0.39 is 10.0 Å². The topological polar surface area (TPSA) is 70.6 Å². The molecule has 0 bridgehead atoms. The van der Waals surface area contributed by atoms with Gasteiger partial charge in [0.2, 0.25) is 10.0 Å². The summed E-state index contributed by atoms with van der Waals surface area (Å²) in [6.45, 7) is 6.63. The number of hydrogen-bond donors (Lipinski definition) is 0. The molecule has 1 atom stereocenters. The molecule has 134 valence electrons. The fraction of sp³-hybridized carbons (Fsp3) is 0.750. The third kappa shape index (κ3) is 3.65. The smallest absolute Gasteiger partial charge is 0.265 e. The molecule has 2 aliphatic heterocycles. The van der Waals surface area contributed by atoms with Gasteiger partial charge in [0.25, 0.3) is 5.91 Å². The molecule has 6 nitrogen and oxygen atoms in total. The average molecular weight is 372 g/mol. The SMILES string of the molecule is Cc1nc(C)c(C(=O)N2CCC(C3CCN(S(C)(=O)=O)CC3)C2)s1. The van der Waals surface area contributed by atoms with Crippen molar-refractivity contribution in [2.24, 2.45) is 11.8 Å². The van der Waals surface area contributed by atoms with E-state index in [4.69, 9.17) is 0 Å². The Kier molecular flexibility index (Phi) is 4.99. The molecule has 0 N–H and O–H groups in total. The zero-order chi connectivity index (χ0) is 17.5. The maximum atomic E-state index is 12.7. The molecule has 24 heavy (non-hydrogen) atoms. The van der Waals surface area contributed by atoms with Crippen molar-refractivity contribution in [2.75, 3.05) is 32.4 Å². The van der Waals surface area contributed by atoms with Crippen LogP contribution in [0.5, 0.6) is 0 Å². The molecule has 0 spiro atoms. The standard InChI is InChI=1S/C16H25N3O3S2/c1-11-15(23-12(2)17-11)16(20)18-7-4-14(10-18)13-5-8-19(9-6-13)24(3,21)22/h13-14H,4-10H2,1-3H3. The Morgan fingerprint density at radius 3 is 2.29 bits per heavy atom. The predicted molar refractivity (Wildman–Crippen MR) is 94.7 cm³/mol. The van der Waals surface area contributed by atoms with Crippen LogP contribution >= 0.6 is 11.3 Å². The fourth-order valence-corrected chi connectivity index (χ4v) is 5.67. The van der Waals surface area contributed by atoms with Crippen LogP contribution in [0.25, 0.3) is 0 Å². The lowest BCUT2D eigenvalue weighted by molar-refractivity contribution is 0.0782. The molecule has 0 saturated carbocycles. The van der Waals surface area contributed by atoms with Crippen LogP contribution in [0.1, 0.15) is 39.6 Å². The molecule has 1 aromatic heterocycles. The van der Waals surface area contributed by atoms with Crippen LogP contribution in [0, 0.1) is 25.7 Å². The molecule has 3 heterocycles. The van der Waals surface area contributed by atoms with E-state index in [2.05, 4.69) is 4.98 Å². The monoisotopic (exact) mass is 371 g/mol. The normalized spacial score (nSPS) is 23.8. The Morgan fingerprint density at radius 2 is 1.75 bits per heavy atom. The maximum Gasteiger partial charge on any atom is 0.265 e. The first-order valence-corrected chi connectivity index (χ1v) is 11.1. The van der Waals surface area contributed by atoms with Crippen molar-refractivity contribution in [1.29, 1.82) is 0 Å². The molecule has 8 heteroatoms. The van der Waals surface area contributed by atoms with E-state index in [-0.39, 0.29) is 5.91 Å². The van der Waals surface area contributed by atoms with E-state index in [9.17, 15) is 13.2 Å². The lowest BCUT2D eigenvalue weighted by Crippen LogP contribution is -2.40. The Morgan fingerprint density at radius 1 is 1.12 bits per heavy atom. The van der Waals surface area contributed by atoms with Crippen molar-refractivity contribution in [2.45, 2.75) is 33.1 Å². The zero-order valence-corrected chi connectivity index (χ0v) is 16.1. The summed E-state index contributed by atoms with van der Waals surface area (Å²) in [5, 5.41) is 0.930. The van der Waals surface area contributed by atoms with Crippen LogP contribution in [-0.2, 0) is 10.0 Å².